The maximum atomic E-state index is 5.19. The van der Waals surface area contributed by atoms with Crippen LogP contribution in [0.25, 0.3) is 0 Å². The topological polar surface area (TPSA) is 0 Å². The molecular formula is C6H7ClS. The highest BCUT2D eigenvalue weighted by Gasteiger charge is 1.64. The van der Waals surface area contributed by atoms with E-state index in [1.165, 1.54) is 5.54 Å². The van der Waals surface area contributed by atoms with E-state index in [-0.39, 0.29) is 0 Å². The summed E-state index contributed by atoms with van der Waals surface area (Å²) >= 11 is 6.89. The van der Waals surface area contributed by atoms with Crippen molar-refractivity contribution in [2.45, 2.75) is 0 Å². The van der Waals surface area contributed by atoms with Crippen molar-refractivity contribution in [3.8, 4) is 11.8 Å². The lowest BCUT2D eigenvalue weighted by atomic mass is 10.6. The van der Waals surface area contributed by atoms with Gasteiger partial charge in [-0.15, -0.1) is 0 Å². The molecule has 0 radical (unpaired) electrons. The first kappa shape index (κ1) is 7.94. The van der Waals surface area contributed by atoms with Crippen molar-refractivity contribution in [3.05, 3.63) is 11.6 Å². The van der Waals surface area contributed by atoms with E-state index in [2.05, 4.69) is 11.8 Å². The van der Waals surface area contributed by atoms with E-state index in [9.17, 15) is 0 Å². The highest BCUT2D eigenvalue weighted by Crippen LogP contribution is 1.86. The Kier molecular flexibility index (Phi) is 6.89. The zero-order chi connectivity index (χ0) is 6.24. The Morgan fingerprint density at radius 3 is 3.00 bits per heavy atom. The first-order valence-corrected chi connectivity index (χ1v) is 3.97. The minimum atomic E-state index is 0.876. The number of allylic oxidation sites excluding steroid dienone is 1. The Labute approximate surface area is 59.3 Å². The van der Waals surface area contributed by atoms with E-state index < -0.39 is 0 Å². The summed E-state index contributed by atoms with van der Waals surface area (Å²) in [5, 5.41) is 0. The summed E-state index contributed by atoms with van der Waals surface area (Å²) in [5.74, 6) is 6.51. The molecule has 0 saturated heterocycles. The quantitative estimate of drug-likeness (QED) is 0.511. The summed E-state index contributed by atoms with van der Waals surface area (Å²) in [6.45, 7) is 0. The Morgan fingerprint density at radius 1 is 1.75 bits per heavy atom. The van der Waals surface area contributed by atoms with E-state index in [1.807, 2.05) is 6.26 Å². The van der Waals surface area contributed by atoms with Crippen LogP contribution in [0, 0.1) is 11.8 Å². The third kappa shape index (κ3) is 5.94. The molecule has 0 fully saturated rings. The molecule has 0 bridgehead atoms. The van der Waals surface area contributed by atoms with E-state index in [0.29, 0.717) is 0 Å². The molecule has 0 heterocycles. The smallest absolute Gasteiger partial charge is 0.0548 e. The summed E-state index contributed by atoms with van der Waals surface area (Å²) in [4.78, 5) is 0. The van der Waals surface area contributed by atoms with Crippen molar-refractivity contribution in [3.63, 3.8) is 0 Å². The lowest BCUT2D eigenvalue weighted by Gasteiger charge is -1.73. The first-order chi connectivity index (χ1) is 3.91. The third-order valence-electron chi connectivity index (χ3n) is 0.465. The van der Waals surface area contributed by atoms with Crippen LogP contribution in [0.1, 0.15) is 0 Å². The SMILES string of the molecule is CSCC#C/C=C\Cl. The molecule has 0 aromatic carbocycles. The highest BCUT2D eigenvalue weighted by atomic mass is 35.5. The monoisotopic (exact) mass is 146 g/mol. The Bertz CT molecular complexity index is 118. The van der Waals surface area contributed by atoms with Crippen LogP contribution in [0.4, 0.5) is 0 Å². The number of hydrogen-bond donors (Lipinski definition) is 0. The van der Waals surface area contributed by atoms with Gasteiger partial charge < -0.3 is 0 Å². The van der Waals surface area contributed by atoms with Crippen molar-refractivity contribution >= 4 is 23.4 Å². The molecule has 0 nitrogen and oxygen atoms in total. The van der Waals surface area contributed by atoms with Crippen LogP contribution in [0.5, 0.6) is 0 Å². The van der Waals surface area contributed by atoms with Gasteiger partial charge in [-0.3, -0.25) is 0 Å². The predicted octanol–water partition coefficient (Wildman–Crippen LogP) is 2.11. The van der Waals surface area contributed by atoms with Gasteiger partial charge in [-0.25, -0.2) is 0 Å². The summed E-state index contributed by atoms with van der Waals surface area (Å²) in [5.41, 5.74) is 1.41. The summed E-state index contributed by atoms with van der Waals surface area (Å²) in [7, 11) is 0. The van der Waals surface area contributed by atoms with E-state index in [1.54, 1.807) is 17.8 Å². The molecule has 0 aliphatic heterocycles. The van der Waals surface area contributed by atoms with E-state index in [0.717, 1.165) is 5.75 Å². The number of hydrogen-bond acceptors (Lipinski definition) is 1. The van der Waals surface area contributed by atoms with Gasteiger partial charge in [0.25, 0.3) is 0 Å². The molecular weight excluding hydrogens is 140 g/mol. The zero-order valence-electron chi connectivity index (χ0n) is 4.65. The van der Waals surface area contributed by atoms with Gasteiger partial charge in [-0.1, -0.05) is 23.4 Å². The fourth-order valence-corrected chi connectivity index (χ4v) is 0.495. The van der Waals surface area contributed by atoms with Crippen LogP contribution < -0.4 is 0 Å². The molecule has 8 heavy (non-hydrogen) atoms. The molecule has 0 atom stereocenters. The number of thioether (sulfide) groups is 1. The molecule has 44 valence electrons. The minimum absolute atomic E-state index is 0.876. The average Bonchev–Trinajstić information content (AvgIpc) is 1.81. The second kappa shape index (κ2) is 6.94. The van der Waals surface area contributed by atoms with Gasteiger partial charge in [0.15, 0.2) is 0 Å². The highest BCUT2D eigenvalue weighted by molar-refractivity contribution is 7.98. The van der Waals surface area contributed by atoms with E-state index in [4.69, 9.17) is 11.6 Å². The minimum Gasteiger partial charge on any atom is -0.152 e. The first-order valence-electron chi connectivity index (χ1n) is 2.14. The van der Waals surface area contributed by atoms with Crippen molar-refractivity contribution in [2.24, 2.45) is 0 Å². The molecule has 0 rings (SSSR count). The standard InChI is InChI=1S/C6H7ClS/c1-8-6-4-2-3-5-7/h3,5H,6H2,1H3/b5-3-. The van der Waals surface area contributed by atoms with Gasteiger partial charge in [-0.05, 0) is 12.3 Å². The lowest BCUT2D eigenvalue weighted by Crippen LogP contribution is -1.63. The van der Waals surface area contributed by atoms with Crippen LogP contribution in [-0.4, -0.2) is 12.0 Å². The van der Waals surface area contributed by atoms with Crippen molar-refractivity contribution < 1.29 is 0 Å². The van der Waals surface area contributed by atoms with Crippen molar-refractivity contribution in [2.75, 3.05) is 12.0 Å². The van der Waals surface area contributed by atoms with E-state index >= 15 is 0 Å². The second-order valence-electron chi connectivity index (χ2n) is 1.05. The fourth-order valence-electron chi connectivity index (χ4n) is 0.204. The Hall–Kier alpha value is -0.0600. The molecule has 0 aliphatic carbocycles. The van der Waals surface area contributed by atoms with Crippen LogP contribution in [0.15, 0.2) is 11.6 Å². The summed E-state index contributed by atoms with van der Waals surface area (Å²) in [6, 6.07) is 0. The molecule has 0 spiro atoms. The predicted molar refractivity (Wildman–Crippen MR) is 41.2 cm³/mol. The molecule has 0 aromatic rings. The zero-order valence-corrected chi connectivity index (χ0v) is 6.22. The Balaban J connectivity index is 3.21. The maximum absolute atomic E-state index is 5.19. The van der Waals surface area contributed by atoms with Crippen LogP contribution in [-0.2, 0) is 0 Å². The van der Waals surface area contributed by atoms with Crippen LogP contribution in [0.3, 0.4) is 0 Å². The third-order valence-corrected chi connectivity index (χ3v) is 1.02. The molecule has 0 unspecified atom stereocenters. The summed E-state index contributed by atoms with van der Waals surface area (Å²) in [6.07, 6.45) is 3.64. The van der Waals surface area contributed by atoms with Gasteiger partial charge in [0.05, 0.1) is 5.75 Å². The van der Waals surface area contributed by atoms with Gasteiger partial charge in [0.2, 0.25) is 0 Å². The second-order valence-corrected chi connectivity index (χ2v) is 2.16. The largest absolute Gasteiger partial charge is 0.152 e. The number of halogens is 1. The number of rotatable bonds is 1. The molecule has 2 heteroatoms. The molecule has 0 N–H and O–H groups in total. The molecule has 0 saturated carbocycles. The average molecular weight is 147 g/mol. The van der Waals surface area contributed by atoms with Crippen molar-refractivity contribution in [1.82, 2.24) is 0 Å². The lowest BCUT2D eigenvalue weighted by molar-refractivity contribution is 1.93. The fraction of sp³-hybridized carbons (Fsp3) is 0.333. The molecule has 0 amide bonds. The summed E-state index contributed by atoms with van der Waals surface area (Å²) < 4.78 is 0. The Morgan fingerprint density at radius 2 is 2.50 bits per heavy atom. The van der Waals surface area contributed by atoms with Gasteiger partial charge in [-0.2, -0.15) is 11.8 Å². The normalized spacial score (nSPS) is 8.75. The van der Waals surface area contributed by atoms with Crippen LogP contribution in [0.2, 0.25) is 0 Å². The van der Waals surface area contributed by atoms with Gasteiger partial charge in [0.1, 0.15) is 0 Å². The van der Waals surface area contributed by atoms with Gasteiger partial charge >= 0.3 is 0 Å². The van der Waals surface area contributed by atoms with Gasteiger partial charge in [0, 0.05) is 5.54 Å². The molecule has 0 aliphatic rings. The molecule has 0 aromatic heterocycles. The maximum Gasteiger partial charge on any atom is 0.0548 e. The van der Waals surface area contributed by atoms with Crippen molar-refractivity contribution in [1.29, 1.82) is 0 Å². The van der Waals surface area contributed by atoms with Crippen LogP contribution >= 0.6 is 23.4 Å².